The Kier molecular flexibility index (Phi) is 4.06. The lowest BCUT2D eigenvalue weighted by molar-refractivity contribution is -0.137. The summed E-state index contributed by atoms with van der Waals surface area (Å²) in [5.41, 5.74) is 0. The van der Waals surface area contributed by atoms with E-state index in [0.29, 0.717) is 13.2 Å². The Balaban J connectivity index is 2.53. The fourth-order valence-electron chi connectivity index (χ4n) is 1.43. The predicted octanol–water partition coefficient (Wildman–Crippen LogP) is -0.631. The molecule has 0 aromatic heterocycles. The van der Waals surface area contributed by atoms with Gasteiger partial charge in [-0.05, 0) is 12.3 Å². The van der Waals surface area contributed by atoms with E-state index in [4.69, 9.17) is 9.84 Å². The second kappa shape index (κ2) is 4.91. The topological polar surface area (TPSA) is 83.9 Å². The molecule has 1 fully saturated rings. The van der Waals surface area contributed by atoms with Gasteiger partial charge in [-0.3, -0.25) is 4.79 Å². The molecule has 6 nitrogen and oxygen atoms in total. The molecule has 1 heterocycles. The Bertz CT molecular complexity index is 320. The summed E-state index contributed by atoms with van der Waals surface area (Å²) >= 11 is 0. The quantitative estimate of drug-likeness (QED) is 0.688. The van der Waals surface area contributed by atoms with E-state index in [9.17, 15) is 13.2 Å². The van der Waals surface area contributed by atoms with Crippen molar-refractivity contribution >= 4 is 16.0 Å². The summed E-state index contributed by atoms with van der Waals surface area (Å²) in [6, 6.07) is 0. The van der Waals surface area contributed by atoms with E-state index in [1.54, 1.807) is 0 Å². The van der Waals surface area contributed by atoms with Crippen LogP contribution in [0.3, 0.4) is 0 Å². The van der Waals surface area contributed by atoms with Crippen LogP contribution in [0.15, 0.2) is 0 Å². The zero-order valence-electron chi connectivity index (χ0n) is 8.55. The third kappa shape index (κ3) is 3.77. The van der Waals surface area contributed by atoms with Crippen LogP contribution in [0.25, 0.3) is 0 Å². The summed E-state index contributed by atoms with van der Waals surface area (Å²) in [5, 5.41) is 8.48. The van der Waals surface area contributed by atoms with E-state index in [2.05, 4.69) is 0 Å². The highest BCUT2D eigenvalue weighted by Crippen LogP contribution is 2.16. The summed E-state index contributed by atoms with van der Waals surface area (Å²) < 4.78 is 29.2. The largest absolute Gasteiger partial charge is 0.480 e. The highest BCUT2D eigenvalue weighted by Gasteiger charge is 2.27. The Morgan fingerprint density at radius 2 is 2.27 bits per heavy atom. The van der Waals surface area contributed by atoms with E-state index in [1.165, 1.54) is 7.05 Å². The first-order chi connectivity index (χ1) is 6.92. The number of hydrogen-bond donors (Lipinski definition) is 1. The first kappa shape index (κ1) is 12.4. The molecule has 0 aliphatic carbocycles. The van der Waals surface area contributed by atoms with Gasteiger partial charge in [0.25, 0.3) is 0 Å². The van der Waals surface area contributed by atoms with Crippen molar-refractivity contribution in [2.45, 2.75) is 6.42 Å². The Morgan fingerprint density at radius 3 is 2.73 bits per heavy atom. The van der Waals surface area contributed by atoms with Gasteiger partial charge in [0.05, 0.1) is 12.4 Å². The molecule has 1 rings (SSSR count). The van der Waals surface area contributed by atoms with Crippen LogP contribution in [-0.4, -0.2) is 56.4 Å². The van der Waals surface area contributed by atoms with Crippen molar-refractivity contribution in [3.8, 4) is 0 Å². The zero-order valence-corrected chi connectivity index (χ0v) is 9.37. The average Bonchev–Trinajstić information content (AvgIpc) is 2.54. The van der Waals surface area contributed by atoms with E-state index < -0.39 is 22.5 Å². The highest BCUT2D eigenvalue weighted by molar-refractivity contribution is 7.89. The van der Waals surface area contributed by atoms with Crippen molar-refractivity contribution in [2.24, 2.45) is 5.92 Å². The van der Waals surface area contributed by atoms with Crippen molar-refractivity contribution in [1.29, 1.82) is 0 Å². The molecule has 1 saturated heterocycles. The van der Waals surface area contributed by atoms with Gasteiger partial charge in [0.2, 0.25) is 10.0 Å². The molecule has 0 bridgehead atoms. The van der Waals surface area contributed by atoms with Crippen molar-refractivity contribution in [2.75, 3.05) is 32.6 Å². The van der Waals surface area contributed by atoms with Gasteiger partial charge in [-0.25, -0.2) is 8.42 Å². The van der Waals surface area contributed by atoms with Crippen LogP contribution in [0.2, 0.25) is 0 Å². The highest BCUT2D eigenvalue weighted by atomic mass is 32.2. The molecule has 0 radical (unpaired) electrons. The summed E-state index contributed by atoms with van der Waals surface area (Å²) in [7, 11) is -2.19. The molecule has 1 atom stereocenters. The van der Waals surface area contributed by atoms with E-state index in [-0.39, 0.29) is 11.7 Å². The Labute approximate surface area is 88.9 Å². The van der Waals surface area contributed by atoms with Crippen molar-refractivity contribution in [3.05, 3.63) is 0 Å². The number of ether oxygens (including phenoxy) is 1. The third-order valence-electron chi connectivity index (χ3n) is 2.30. The Morgan fingerprint density at radius 1 is 1.60 bits per heavy atom. The van der Waals surface area contributed by atoms with Gasteiger partial charge >= 0.3 is 5.97 Å². The number of aliphatic carboxylic acids is 1. The van der Waals surface area contributed by atoms with Gasteiger partial charge in [-0.15, -0.1) is 0 Å². The van der Waals surface area contributed by atoms with Crippen molar-refractivity contribution in [1.82, 2.24) is 4.31 Å². The van der Waals surface area contributed by atoms with E-state index in [1.807, 2.05) is 0 Å². The van der Waals surface area contributed by atoms with E-state index in [0.717, 1.165) is 10.7 Å². The van der Waals surface area contributed by atoms with Gasteiger partial charge < -0.3 is 9.84 Å². The molecule has 0 saturated carbocycles. The minimum absolute atomic E-state index is 0.00811. The molecular weight excluding hydrogens is 222 g/mol. The lowest BCUT2D eigenvalue weighted by atomic mass is 10.2. The summed E-state index contributed by atoms with van der Waals surface area (Å²) in [5.74, 6) is -1.19. The van der Waals surface area contributed by atoms with Crippen LogP contribution in [0, 0.1) is 5.92 Å². The summed E-state index contributed by atoms with van der Waals surface area (Å²) in [6.45, 7) is 0.541. The monoisotopic (exact) mass is 237 g/mol. The van der Waals surface area contributed by atoms with Crippen molar-refractivity contribution in [3.63, 3.8) is 0 Å². The lowest BCUT2D eigenvalue weighted by Gasteiger charge is -2.16. The fraction of sp³-hybridized carbons (Fsp3) is 0.875. The summed E-state index contributed by atoms with van der Waals surface area (Å²) in [4.78, 5) is 10.4. The number of likely N-dealkylation sites (N-methyl/N-ethyl adjacent to an activating group) is 1. The van der Waals surface area contributed by atoms with Gasteiger partial charge in [0.1, 0.15) is 6.54 Å². The van der Waals surface area contributed by atoms with Crippen LogP contribution >= 0.6 is 0 Å². The van der Waals surface area contributed by atoms with Gasteiger partial charge in [0.15, 0.2) is 0 Å². The van der Waals surface area contributed by atoms with Gasteiger partial charge in [0, 0.05) is 13.7 Å². The molecule has 1 aliphatic rings. The molecule has 0 aromatic carbocycles. The minimum Gasteiger partial charge on any atom is -0.480 e. The number of carboxylic acid groups (broad SMARTS) is 1. The molecule has 0 aromatic rings. The number of sulfonamides is 1. The molecule has 1 unspecified atom stereocenters. The van der Waals surface area contributed by atoms with Crippen LogP contribution in [0.1, 0.15) is 6.42 Å². The maximum atomic E-state index is 11.6. The molecule has 88 valence electrons. The normalized spacial score (nSPS) is 22.1. The molecule has 0 spiro atoms. The number of hydrogen-bond acceptors (Lipinski definition) is 4. The fourth-order valence-corrected chi connectivity index (χ4v) is 2.85. The summed E-state index contributed by atoms with van der Waals surface area (Å²) in [6.07, 6.45) is 0.722. The molecular formula is C8H15NO5S. The average molecular weight is 237 g/mol. The number of nitrogens with zero attached hydrogens (tertiary/aromatic N) is 1. The maximum Gasteiger partial charge on any atom is 0.318 e. The zero-order chi connectivity index (χ0) is 11.5. The standard InChI is InChI=1S/C8H15NO5S/c1-9(4-8(10)11)15(12,13)6-7-2-3-14-5-7/h7H,2-6H2,1H3,(H,10,11). The minimum atomic E-state index is -3.47. The Hall–Kier alpha value is -0.660. The molecule has 1 aliphatic heterocycles. The number of rotatable bonds is 5. The van der Waals surface area contributed by atoms with Crippen LogP contribution in [-0.2, 0) is 19.6 Å². The van der Waals surface area contributed by atoms with Crippen molar-refractivity contribution < 1.29 is 23.1 Å². The van der Waals surface area contributed by atoms with Crippen LogP contribution < -0.4 is 0 Å². The van der Waals surface area contributed by atoms with Gasteiger partial charge in [-0.2, -0.15) is 4.31 Å². The first-order valence-electron chi connectivity index (χ1n) is 4.65. The lowest BCUT2D eigenvalue weighted by Crippen LogP contribution is -2.35. The van der Waals surface area contributed by atoms with Crippen LogP contribution in [0.4, 0.5) is 0 Å². The van der Waals surface area contributed by atoms with Gasteiger partial charge in [-0.1, -0.05) is 0 Å². The molecule has 7 heteroatoms. The van der Waals surface area contributed by atoms with Crippen LogP contribution in [0.5, 0.6) is 0 Å². The van der Waals surface area contributed by atoms with E-state index >= 15 is 0 Å². The number of carboxylic acids is 1. The first-order valence-corrected chi connectivity index (χ1v) is 6.26. The molecule has 0 amide bonds. The number of carbonyl (C=O) groups is 1. The maximum absolute atomic E-state index is 11.6. The SMILES string of the molecule is CN(CC(=O)O)S(=O)(=O)CC1CCOC1. The third-order valence-corrected chi connectivity index (χ3v) is 4.27. The smallest absolute Gasteiger partial charge is 0.318 e. The molecule has 1 N–H and O–H groups in total. The second-order valence-corrected chi connectivity index (χ2v) is 5.78. The predicted molar refractivity (Wildman–Crippen MR) is 53.0 cm³/mol. The molecule has 15 heavy (non-hydrogen) atoms. The second-order valence-electron chi connectivity index (χ2n) is 3.66.